The third kappa shape index (κ3) is 2.54. The SMILES string of the molecule is CCCC[C@H]1C=CCN1C(=O)c1n[nH]c(=O)c2ccccc12. The fraction of sp³-hybridized carbons (Fsp3) is 0.353. The number of carbonyl (C=O) groups is 1. The largest absolute Gasteiger partial charge is 0.327 e. The van der Waals surface area contributed by atoms with Gasteiger partial charge >= 0.3 is 0 Å². The summed E-state index contributed by atoms with van der Waals surface area (Å²) in [6.07, 6.45) is 7.25. The van der Waals surface area contributed by atoms with Gasteiger partial charge in [0.05, 0.1) is 11.4 Å². The Morgan fingerprint density at radius 3 is 2.91 bits per heavy atom. The summed E-state index contributed by atoms with van der Waals surface area (Å²) in [5.41, 5.74) is 0.0506. The lowest BCUT2D eigenvalue weighted by Gasteiger charge is -2.24. The molecule has 2 heterocycles. The van der Waals surface area contributed by atoms with Crippen molar-refractivity contribution >= 4 is 16.7 Å². The van der Waals surface area contributed by atoms with Crippen LogP contribution in [0.1, 0.15) is 36.7 Å². The Morgan fingerprint density at radius 1 is 1.36 bits per heavy atom. The molecule has 1 aromatic heterocycles. The topological polar surface area (TPSA) is 66.1 Å². The van der Waals surface area contributed by atoms with Gasteiger partial charge < -0.3 is 4.90 Å². The minimum Gasteiger partial charge on any atom is -0.327 e. The molecule has 0 saturated heterocycles. The lowest BCUT2D eigenvalue weighted by atomic mass is 10.1. The predicted octanol–water partition coefficient (Wildman–Crippen LogP) is 2.49. The van der Waals surface area contributed by atoms with Gasteiger partial charge in [0.15, 0.2) is 5.69 Å². The minimum absolute atomic E-state index is 0.125. The van der Waals surface area contributed by atoms with Crippen LogP contribution in [0.15, 0.2) is 41.2 Å². The fourth-order valence-corrected chi connectivity index (χ4v) is 2.88. The van der Waals surface area contributed by atoms with Crippen molar-refractivity contribution in [2.24, 2.45) is 0 Å². The van der Waals surface area contributed by atoms with E-state index in [4.69, 9.17) is 0 Å². The summed E-state index contributed by atoms with van der Waals surface area (Å²) < 4.78 is 0. The number of aromatic amines is 1. The average Bonchev–Trinajstić information content (AvgIpc) is 3.01. The van der Waals surface area contributed by atoms with Gasteiger partial charge in [-0.2, -0.15) is 5.10 Å². The number of hydrogen-bond donors (Lipinski definition) is 1. The van der Waals surface area contributed by atoms with Crippen molar-refractivity contribution in [2.45, 2.75) is 32.2 Å². The van der Waals surface area contributed by atoms with Crippen molar-refractivity contribution in [3.63, 3.8) is 0 Å². The third-order valence-electron chi connectivity index (χ3n) is 4.07. The van der Waals surface area contributed by atoms with Gasteiger partial charge in [-0.25, -0.2) is 5.10 Å². The van der Waals surface area contributed by atoms with Crippen LogP contribution < -0.4 is 5.56 Å². The Morgan fingerprint density at radius 2 is 2.14 bits per heavy atom. The van der Waals surface area contributed by atoms with Gasteiger partial charge in [0.1, 0.15) is 0 Å². The van der Waals surface area contributed by atoms with E-state index in [2.05, 4.69) is 23.2 Å². The van der Waals surface area contributed by atoms with Crippen LogP contribution in [0.2, 0.25) is 0 Å². The Balaban J connectivity index is 1.96. The average molecular weight is 297 g/mol. The van der Waals surface area contributed by atoms with Crippen molar-refractivity contribution in [2.75, 3.05) is 6.54 Å². The predicted molar refractivity (Wildman–Crippen MR) is 85.9 cm³/mol. The molecule has 5 heteroatoms. The van der Waals surface area contributed by atoms with E-state index in [0.29, 0.717) is 23.0 Å². The summed E-state index contributed by atoms with van der Waals surface area (Å²) in [5, 5.41) is 7.55. The van der Waals surface area contributed by atoms with E-state index in [1.807, 2.05) is 17.0 Å². The molecular formula is C17H19N3O2. The van der Waals surface area contributed by atoms with Crippen LogP contribution in [-0.2, 0) is 0 Å². The van der Waals surface area contributed by atoms with Crippen molar-refractivity contribution in [3.05, 3.63) is 52.5 Å². The molecule has 0 fully saturated rings. The van der Waals surface area contributed by atoms with Crippen LogP contribution in [0.4, 0.5) is 0 Å². The molecule has 0 unspecified atom stereocenters. The monoisotopic (exact) mass is 297 g/mol. The van der Waals surface area contributed by atoms with Crippen LogP contribution in [0.3, 0.4) is 0 Å². The number of H-pyrrole nitrogens is 1. The summed E-state index contributed by atoms with van der Waals surface area (Å²) >= 11 is 0. The van der Waals surface area contributed by atoms with Crippen molar-refractivity contribution < 1.29 is 4.79 Å². The van der Waals surface area contributed by atoms with Gasteiger partial charge in [-0.1, -0.05) is 50.1 Å². The molecule has 0 saturated carbocycles. The van der Waals surface area contributed by atoms with Gasteiger partial charge in [-0.15, -0.1) is 0 Å². The summed E-state index contributed by atoms with van der Waals surface area (Å²) in [7, 11) is 0. The summed E-state index contributed by atoms with van der Waals surface area (Å²) in [4.78, 5) is 26.5. The maximum Gasteiger partial charge on any atom is 0.275 e. The maximum atomic E-state index is 12.8. The van der Waals surface area contributed by atoms with Gasteiger partial charge in [0.25, 0.3) is 11.5 Å². The summed E-state index contributed by atoms with van der Waals surface area (Å²) in [5.74, 6) is -0.126. The molecule has 22 heavy (non-hydrogen) atoms. The quantitative estimate of drug-likeness (QED) is 0.882. The minimum atomic E-state index is -0.269. The van der Waals surface area contributed by atoms with Gasteiger partial charge in [-0.3, -0.25) is 9.59 Å². The Hall–Kier alpha value is -2.43. The van der Waals surface area contributed by atoms with Crippen molar-refractivity contribution in [1.29, 1.82) is 0 Å². The second kappa shape index (κ2) is 6.13. The normalized spacial score (nSPS) is 17.3. The first-order valence-electron chi connectivity index (χ1n) is 7.67. The zero-order valence-corrected chi connectivity index (χ0v) is 12.6. The number of nitrogens with zero attached hydrogens (tertiary/aromatic N) is 2. The van der Waals surface area contributed by atoms with Crippen LogP contribution >= 0.6 is 0 Å². The number of aromatic nitrogens is 2. The molecule has 1 aliphatic rings. The fourth-order valence-electron chi connectivity index (χ4n) is 2.88. The molecule has 0 spiro atoms. The number of amides is 1. The second-order valence-corrected chi connectivity index (χ2v) is 5.54. The first kappa shape index (κ1) is 14.5. The molecule has 0 bridgehead atoms. The molecule has 3 rings (SSSR count). The van der Waals surface area contributed by atoms with Crippen molar-refractivity contribution in [1.82, 2.24) is 15.1 Å². The van der Waals surface area contributed by atoms with Gasteiger partial charge in [-0.05, 0) is 12.5 Å². The number of nitrogens with one attached hydrogen (secondary N) is 1. The molecule has 1 amide bonds. The molecule has 1 aromatic carbocycles. The number of carbonyl (C=O) groups excluding carboxylic acids is 1. The van der Waals surface area contributed by atoms with E-state index < -0.39 is 0 Å². The highest BCUT2D eigenvalue weighted by Crippen LogP contribution is 2.21. The molecule has 0 radical (unpaired) electrons. The van der Waals surface area contributed by atoms with Crippen molar-refractivity contribution in [3.8, 4) is 0 Å². The van der Waals surface area contributed by atoms with E-state index in [0.717, 1.165) is 19.3 Å². The van der Waals surface area contributed by atoms with E-state index >= 15 is 0 Å². The molecular weight excluding hydrogens is 278 g/mol. The number of rotatable bonds is 4. The van der Waals surface area contributed by atoms with Crippen LogP contribution in [0, 0.1) is 0 Å². The Labute approximate surface area is 128 Å². The van der Waals surface area contributed by atoms with E-state index in [1.54, 1.807) is 18.2 Å². The number of benzene rings is 1. The molecule has 114 valence electrons. The second-order valence-electron chi connectivity index (χ2n) is 5.54. The lowest BCUT2D eigenvalue weighted by molar-refractivity contribution is 0.0738. The first-order chi connectivity index (χ1) is 10.7. The maximum absolute atomic E-state index is 12.8. The van der Waals surface area contributed by atoms with E-state index in [1.165, 1.54) is 0 Å². The zero-order chi connectivity index (χ0) is 15.5. The lowest BCUT2D eigenvalue weighted by Crippen LogP contribution is -2.37. The Kier molecular flexibility index (Phi) is 4.04. The number of fused-ring (bicyclic) bond motifs is 1. The summed E-state index contributed by atoms with van der Waals surface area (Å²) in [6, 6.07) is 7.21. The molecule has 1 atom stereocenters. The highest BCUT2D eigenvalue weighted by Gasteiger charge is 2.27. The third-order valence-corrected chi connectivity index (χ3v) is 4.07. The first-order valence-corrected chi connectivity index (χ1v) is 7.67. The molecule has 5 nitrogen and oxygen atoms in total. The standard InChI is InChI=1S/C17H19N3O2/c1-2-3-7-12-8-6-11-20(12)17(22)15-13-9-4-5-10-14(13)16(21)19-18-15/h4-6,8-10,12H,2-3,7,11H2,1H3,(H,19,21)/t12-/m0/s1. The van der Waals surface area contributed by atoms with E-state index in [9.17, 15) is 9.59 Å². The summed E-state index contributed by atoms with van der Waals surface area (Å²) in [6.45, 7) is 2.74. The number of unbranched alkanes of at least 4 members (excludes halogenated alkanes) is 1. The highest BCUT2D eigenvalue weighted by molar-refractivity contribution is 6.05. The number of hydrogen-bond acceptors (Lipinski definition) is 3. The molecule has 1 aliphatic heterocycles. The van der Waals surface area contributed by atoms with Crippen LogP contribution in [0.25, 0.3) is 10.8 Å². The molecule has 0 aliphatic carbocycles. The Bertz CT molecular complexity index is 779. The van der Waals surface area contributed by atoms with Gasteiger partial charge in [0.2, 0.25) is 0 Å². The van der Waals surface area contributed by atoms with Crippen LogP contribution in [-0.4, -0.2) is 33.6 Å². The zero-order valence-electron chi connectivity index (χ0n) is 12.6. The molecule has 1 N–H and O–H groups in total. The van der Waals surface area contributed by atoms with E-state index in [-0.39, 0.29) is 17.5 Å². The van der Waals surface area contributed by atoms with Crippen LogP contribution in [0.5, 0.6) is 0 Å². The van der Waals surface area contributed by atoms with Gasteiger partial charge in [0, 0.05) is 11.9 Å². The molecule has 2 aromatic rings. The smallest absolute Gasteiger partial charge is 0.275 e. The highest BCUT2D eigenvalue weighted by atomic mass is 16.2.